The lowest BCUT2D eigenvalue weighted by molar-refractivity contribution is -0.156. The summed E-state index contributed by atoms with van der Waals surface area (Å²) in [6.07, 6.45) is 0. The van der Waals surface area contributed by atoms with Gasteiger partial charge in [-0.05, 0) is 52.0 Å². The van der Waals surface area contributed by atoms with Crippen molar-refractivity contribution in [3.8, 4) is 5.75 Å². The van der Waals surface area contributed by atoms with Crippen molar-refractivity contribution in [2.75, 3.05) is 0 Å². The molecule has 0 aromatic heterocycles. The molecular formula is C13H18BrClNO4P. The molecule has 0 aliphatic heterocycles. The molecule has 0 saturated heterocycles. The lowest BCUT2D eigenvalue weighted by Gasteiger charge is -2.24. The molecule has 0 aliphatic carbocycles. The number of benzene rings is 1. The van der Waals surface area contributed by atoms with Gasteiger partial charge in [0.05, 0.1) is 0 Å². The standard InChI is InChI=1S/C13H18BrClNO4P/c1-9(12(17)19-13(2,3)4)16-21(15,18)20-11-7-5-10(14)6-8-11/h5-9H,1-4H3,(H,16,18). The molecule has 2 unspecified atom stereocenters. The average Bonchev–Trinajstić information content (AvgIpc) is 2.29. The van der Waals surface area contributed by atoms with Crippen molar-refractivity contribution in [2.24, 2.45) is 0 Å². The number of rotatable bonds is 5. The zero-order valence-corrected chi connectivity index (χ0v) is 15.5. The number of ether oxygens (including phenoxy) is 1. The summed E-state index contributed by atoms with van der Waals surface area (Å²) in [6, 6.07) is 5.81. The lowest BCUT2D eigenvalue weighted by atomic mass is 10.2. The second-order valence-corrected chi connectivity index (χ2v) is 9.06. The largest absolute Gasteiger partial charge is 0.459 e. The fourth-order valence-electron chi connectivity index (χ4n) is 1.33. The predicted molar refractivity (Wildman–Crippen MR) is 86.7 cm³/mol. The maximum atomic E-state index is 12.2. The number of hydrogen-bond acceptors (Lipinski definition) is 4. The molecule has 0 bridgehead atoms. The highest BCUT2D eigenvalue weighted by atomic mass is 79.9. The minimum absolute atomic E-state index is 0.334. The third-order valence-corrected chi connectivity index (χ3v) is 4.31. The summed E-state index contributed by atoms with van der Waals surface area (Å²) in [4.78, 5) is 11.8. The van der Waals surface area contributed by atoms with Crippen LogP contribution in [0.25, 0.3) is 0 Å². The Morgan fingerprint density at radius 1 is 1.33 bits per heavy atom. The van der Waals surface area contributed by atoms with E-state index in [2.05, 4.69) is 21.0 Å². The fourth-order valence-corrected chi connectivity index (χ4v) is 3.29. The van der Waals surface area contributed by atoms with E-state index in [0.717, 1.165) is 4.47 Å². The van der Waals surface area contributed by atoms with E-state index in [1.165, 1.54) is 6.92 Å². The molecule has 5 nitrogen and oxygen atoms in total. The van der Waals surface area contributed by atoms with Crippen molar-refractivity contribution in [2.45, 2.75) is 39.3 Å². The Kier molecular flexibility index (Phi) is 6.29. The molecule has 2 atom stereocenters. The molecule has 1 rings (SSSR count). The van der Waals surface area contributed by atoms with E-state index in [4.69, 9.17) is 20.5 Å². The monoisotopic (exact) mass is 397 g/mol. The molecule has 1 aromatic carbocycles. The van der Waals surface area contributed by atoms with Crippen LogP contribution in [0.1, 0.15) is 27.7 Å². The molecule has 0 spiro atoms. The molecule has 0 heterocycles. The van der Waals surface area contributed by atoms with E-state index in [1.807, 2.05) is 0 Å². The van der Waals surface area contributed by atoms with Crippen molar-refractivity contribution in [1.29, 1.82) is 0 Å². The summed E-state index contributed by atoms with van der Waals surface area (Å²) in [7, 11) is 0. The van der Waals surface area contributed by atoms with Crippen molar-refractivity contribution < 1.29 is 18.6 Å². The summed E-state index contributed by atoms with van der Waals surface area (Å²) in [5.74, 6) is -0.219. The molecule has 0 saturated carbocycles. The van der Waals surface area contributed by atoms with Gasteiger partial charge in [-0.2, -0.15) is 0 Å². The van der Waals surface area contributed by atoms with Gasteiger partial charge in [0.15, 0.2) is 0 Å². The second-order valence-electron chi connectivity index (χ2n) is 5.41. The third kappa shape index (κ3) is 7.32. The molecular weight excluding hydrogens is 380 g/mol. The first-order chi connectivity index (χ1) is 9.48. The van der Waals surface area contributed by atoms with Gasteiger partial charge in [0.2, 0.25) is 0 Å². The molecule has 8 heteroatoms. The van der Waals surface area contributed by atoms with Gasteiger partial charge in [-0.15, -0.1) is 0 Å². The third-order valence-electron chi connectivity index (χ3n) is 2.14. The quantitative estimate of drug-likeness (QED) is 0.584. The zero-order valence-electron chi connectivity index (χ0n) is 12.2. The molecule has 1 N–H and O–H groups in total. The van der Waals surface area contributed by atoms with Crippen LogP contribution in [-0.4, -0.2) is 17.6 Å². The maximum absolute atomic E-state index is 12.2. The second kappa shape index (κ2) is 7.14. The maximum Gasteiger partial charge on any atom is 0.409 e. The predicted octanol–water partition coefficient (Wildman–Crippen LogP) is 4.49. The normalized spacial score (nSPS) is 15.9. The highest BCUT2D eigenvalue weighted by Gasteiger charge is 2.30. The summed E-state index contributed by atoms with van der Waals surface area (Å²) in [5, 5.41) is 2.45. The van der Waals surface area contributed by atoms with E-state index in [9.17, 15) is 9.36 Å². The first kappa shape index (κ1) is 18.5. The number of halogens is 2. The Morgan fingerprint density at radius 2 is 1.86 bits per heavy atom. The Morgan fingerprint density at radius 3 is 2.33 bits per heavy atom. The van der Waals surface area contributed by atoms with Crippen LogP contribution in [0.15, 0.2) is 28.7 Å². The number of hydrogen-bond donors (Lipinski definition) is 1. The molecule has 0 fully saturated rings. The van der Waals surface area contributed by atoms with Gasteiger partial charge in [-0.1, -0.05) is 15.9 Å². The molecule has 118 valence electrons. The number of esters is 1. The molecule has 1 aromatic rings. The first-order valence-corrected chi connectivity index (χ1v) is 9.56. The van der Waals surface area contributed by atoms with Crippen molar-refractivity contribution in [1.82, 2.24) is 5.09 Å². The van der Waals surface area contributed by atoms with Gasteiger partial charge in [0, 0.05) is 15.7 Å². The van der Waals surface area contributed by atoms with Crippen LogP contribution in [-0.2, 0) is 14.1 Å². The summed E-state index contributed by atoms with van der Waals surface area (Å²) >= 11 is 9.10. The zero-order chi connectivity index (χ0) is 16.3. The molecule has 0 amide bonds. The van der Waals surface area contributed by atoms with E-state index >= 15 is 0 Å². The van der Waals surface area contributed by atoms with Crippen LogP contribution in [0.2, 0.25) is 0 Å². The molecule has 0 radical (unpaired) electrons. The van der Waals surface area contributed by atoms with Crippen LogP contribution in [0.4, 0.5) is 0 Å². The van der Waals surface area contributed by atoms with Crippen LogP contribution in [0.5, 0.6) is 5.75 Å². The van der Waals surface area contributed by atoms with Gasteiger partial charge in [-0.25, -0.2) is 9.65 Å². The fraction of sp³-hybridized carbons (Fsp3) is 0.462. The van der Waals surface area contributed by atoms with Gasteiger partial charge in [0.1, 0.15) is 17.4 Å². The van der Waals surface area contributed by atoms with Crippen LogP contribution in [0, 0.1) is 0 Å². The smallest absolute Gasteiger partial charge is 0.409 e. The van der Waals surface area contributed by atoms with Crippen molar-refractivity contribution in [3.63, 3.8) is 0 Å². The Bertz CT molecular complexity index is 544. The van der Waals surface area contributed by atoms with Gasteiger partial charge in [0.25, 0.3) is 0 Å². The first-order valence-electron chi connectivity index (χ1n) is 6.24. The van der Waals surface area contributed by atoms with Crippen LogP contribution in [0.3, 0.4) is 0 Å². The average molecular weight is 399 g/mol. The van der Waals surface area contributed by atoms with Gasteiger partial charge >= 0.3 is 12.8 Å². The Hall–Kier alpha value is -0.550. The number of carbonyl (C=O) groups excluding carboxylic acids is 1. The van der Waals surface area contributed by atoms with E-state index in [0.29, 0.717) is 5.75 Å². The highest BCUT2D eigenvalue weighted by molar-refractivity contribution is 9.10. The summed E-state index contributed by atoms with van der Waals surface area (Å²) in [5.41, 5.74) is -0.629. The highest BCUT2D eigenvalue weighted by Crippen LogP contribution is 2.48. The Labute approximate surface area is 137 Å². The minimum Gasteiger partial charge on any atom is -0.459 e. The molecule has 21 heavy (non-hydrogen) atoms. The van der Waals surface area contributed by atoms with E-state index in [-0.39, 0.29) is 0 Å². The SMILES string of the molecule is CC(NP(=O)(Cl)Oc1ccc(Br)cc1)C(=O)OC(C)(C)C. The Balaban J connectivity index is 2.65. The van der Waals surface area contributed by atoms with E-state index < -0.39 is 24.5 Å². The van der Waals surface area contributed by atoms with Crippen LogP contribution >= 0.6 is 34.0 Å². The number of carbonyl (C=O) groups is 1. The topological polar surface area (TPSA) is 64.6 Å². The van der Waals surface area contributed by atoms with E-state index in [1.54, 1.807) is 45.0 Å². The van der Waals surface area contributed by atoms with Gasteiger partial charge < -0.3 is 9.26 Å². The van der Waals surface area contributed by atoms with Crippen LogP contribution < -0.4 is 9.61 Å². The van der Waals surface area contributed by atoms with Gasteiger partial charge in [-0.3, -0.25) is 4.79 Å². The van der Waals surface area contributed by atoms with Crippen molar-refractivity contribution >= 4 is 40.0 Å². The lowest BCUT2D eigenvalue weighted by Crippen LogP contribution is -2.37. The minimum atomic E-state index is -3.70. The molecule has 0 aliphatic rings. The summed E-state index contributed by atoms with van der Waals surface area (Å²) < 4.78 is 23.4. The summed E-state index contributed by atoms with van der Waals surface area (Å²) in [6.45, 7) is 3.05. The van der Waals surface area contributed by atoms with Crippen molar-refractivity contribution in [3.05, 3.63) is 28.7 Å². The number of nitrogens with one attached hydrogen (secondary N) is 1.